The van der Waals surface area contributed by atoms with Gasteiger partial charge in [0.25, 0.3) is 5.91 Å². The van der Waals surface area contributed by atoms with Gasteiger partial charge < -0.3 is 15.5 Å². The maximum atomic E-state index is 11.9. The molecular formula is C12H15NO4. The highest BCUT2D eigenvalue weighted by atomic mass is 16.3. The van der Waals surface area contributed by atoms with Gasteiger partial charge in [-0.1, -0.05) is 18.2 Å². The van der Waals surface area contributed by atoms with Gasteiger partial charge in [-0.2, -0.15) is 0 Å². The SMILES string of the molecule is CC(=O)CC1(O)C(=O)N(C)c2ccccc21.O. The zero-order valence-electron chi connectivity index (χ0n) is 9.73. The van der Waals surface area contributed by atoms with Gasteiger partial charge in [0.1, 0.15) is 5.78 Å². The summed E-state index contributed by atoms with van der Waals surface area (Å²) in [4.78, 5) is 24.5. The number of fused-ring (bicyclic) bond motifs is 1. The third-order valence-corrected chi connectivity index (χ3v) is 2.87. The number of Topliss-reactive ketones (excluding diaryl/α,β-unsaturated/α-hetero) is 1. The highest BCUT2D eigenvalue weighted by molar-refractivity contribution is 6.08. The lowest BCUT2D eigenvalue weighted by Gasteiger charge is -2.20. The Hall–Kier alpha value is -1.72. The van der Waals surface area contributed by atoms with E-state index in [-0.39, 0.29) is 17.7 Å². The Labute approximate surface area is 99.0 Å². The number of benzene rings is 1. The van der Waals surface area contributed by atoms with Gasteiger partial charge in [-0.05, 0) is 13.0 Å². The van der Waals surface area contributed by atoms with Gasteiger partial charge in [0.15, 0.2) is 5.60 Å². The van der Waals surface area contributed by atoms with Crippen LogP contribution in [-0.4, -0.2) is 29.3 Å². The summed E-state index contributed by atoms with van der Waals surface area (Å²) >= 11 is 0. The van der Waals surface area contributed by atoms with E-state index in [0.29, 0.717) is 11.3 Å². The van der Waals surface area contributed by atoms with Crippen molar-refractivity contribution in [2.24, 2.45) is 0 Å². The van der Waals surface area contributed by atoms with Gasteiger partial charge in [0.2, 0.25) is 0 Å². The highest BCUT2D eigenvalue weighted by Gasteiger charge is 2.48. The number of aliphatic hydroxyl groups is 1. The number of ketones is 1. The fourth-order valence-electron chi connectivity index (χ4n) is 2.15. The summed E-state index contributed by atoms with van der Waals surface area (Å²) in [5, 5.41) is 10.3. The first-order chi connectivity index (χ1) is 7.47. The Morgan fingerprint density at radius 2 is 2.00 bits per heavy atom. The number of hydrogen-bond acceptors (Lipinski definition) is 3. The van der Waals surface area contributed by atoms with Crippen LogP contribution in [0.2, 0.25) is 0 Å². The molecule has 2 rings (SSSR count). The summed E-state index contributed by atoms with van der Waals surface area (Å²) in [6.45, 7) is 1.37. The molecule has 1 atom stereocenters. The van der Waals surface area contributed by atoms with Crippen molar-refractivity contribution >= 4 is 17.4 Å². The third kappa shape index (κ3) is 1.83. The van der Waals surface area contributed by atoms with E-state index in [2.05, 4.69) is 0 Å². The van der Waals surface area contributed by atoms with Crippen molar-refractivity contribution < 1.29 is 20.2 Å². The normalized spacial score (nSPS) is 22.1. The van der Waals surface area contributed by atoms with Crippen molar-refractivity contribution in [2.75, 3.05) is 11.9 Å². The molecule has 0 aliphatic carbocycles. The summed E-state index contributed by atoms with van der Waals surface area (Å²) < 4.78 is 0. The fraction of sp³-hybridized carbons (Fsp3) is 0.333. The molecule has 1 aromatic carbocycles. The molecule has 1 unspecified atom stereocenters. The molecule has 0 bridgehead atoms. The Morgan fingerprint density at radius 1 is 1.41 bits per heavy atom. The van der Waals surface area contributed by atoms with Crippen LogP contribution in [0.1, 0.15) is 18.9 Å². The largest absolute Gasteiger partial charge is 0.412 e. The molecule has 5 heteroatoms. The van der Waals surface area contributed by atoms with E-state index < -0.39 is 11.5 Å². The number of para-hydroxylation sites is 1. The minimum absolute atomic E-state index is 0. The third-order valence-electron chi connectivity index (χ3n) is 2.87. The topological polar surface area (TPSA) is 89.1 Å². The van der Waals surface area contributed by atoms with Crippen LogP contribution in [0.15, 0.2) is 24.3 Å². The van der Waals surface area contributed by atoms with E-state index in [9.17, 15) is 14.7 Å². The summed E-state index contributed by atoms with van der Waals surface area (Å²) in [5.74, 6) is -0.648. The molecule has 92 valence electrons. The lowest BCUT2D eigenvalue weighted by atomic mass is 9.90. The van der Waals surface area contributed by atoms with E-state index in [1.807, 2.05) is 0 Å². The van der Waals surface area contributed by atoms with Gasteiger partial charge in [0, 0.05) is 19.0 Å². The first-order valence-corrected chi connectivity index (χ1v) is 5.06. The molecule has 0 saturated carbocycles. The molecule has 5 nitrogen and oxygen atoms in total. The number of carbonyl (C=O) groups excluding carboxylic acids is 2. The van der Waals surface area contributed by atoms with Crippen LogP contribution < -0.4 is 4.90 Å². The Kier molecular flexibility index (Phi) is 3.35. The van der Waals surface area contributed by atoms with Gasteiger partial charge in [-0.25, -0.2) is 0 Å². The van der Waals surface area contributed by atoms with Crippen LogP contribution in [0, 0.1) is 0 Å². The van der Waals surface area contributed by atoms with Crippen LogP contribution in [0.4, 0.5) is 5.69 Å². The second kappa shape index (κ2) is 4.27. The molecule has 0 saturated heterocycles. The molecule has 0 aromatic heterocycles. The van der Waals surface area contributed by atoms with E-state index in [4.69, 9.17) is 0 Å². The molecule has 3 N–H and O–H groups in total. The number of hydrogen-bond donors (Lipinski definition) is 1. The van der Waals surface area contributed by atoms with E-state index in [1.165, 1.54) is 11.8 Å². The molecule has 0 spiro atoms. The number of anilines is 1. The zero-order valence-corrected chi connectivity index (χ0v) is 9.73. The molecule has 0 radical (unpaired) electrons. The molecular weight excluding hydrogens is 222 g/mol. The van der Waals surface area contributed by atoms with Crippen molar-refractivity contribution in [1.82, 2.24) is 0 Å². The minimum Gasteiger partial charge on any atom is -0.412 e. The van der Waals surface area contributed by atoms with Gasteiger partial charge in [0.05, 0.1) is 5.69 Å². The molecule has 1 aliphatic rings. The standard InChI is InChI=1S/C12H13NO3.H2O/c1-8(14)7-12(16)9-5-3-4-6-10(9)13(2)11(12)15;/h3-6,16H,7H2,1-2H3;1H2. The number of amides is 1. The van der Waals surface area contributed by atoms with Crippen LogP contribution in [0.5, 0.6) is 0 Å². The maximum Gasteiger partial charge on any atom is 0.263 e. The van der Waals surface area contributed by atoms with Crippen LogP contribution in [0.3, 0.4) is 0 Å². The van der Waals surface area contributed by atoms with Crippen molar-refractivity contribution in [3.8, 4) is 0 Å². The van der Waals surface area contributed by atoms with Crippen LogP contribution in [0.25, 0.3) is 0 Å². The predicted molar refractivity (Wildman–Crippen MR) is 62.7 cm³/mol. The second-order valence-corrected chi connectivity index (χ2v) is 4.12. The smallest absolute Gasteiger partial charge is 0.263 e. The Morgan fingerprint density at radius 3 is 2.59 bits per heavy atom. The van der Waals surface area contributed by atoms with Crippen molar-refractivity contribution in [3.05, 3.63) is 29.8 Å². The van der Waals surface area contributed by atoms with E-state index in [0.717, 1.165) is 0 Å². The summed E-state index contributed by atoms with van der Waals surface area (Å²) in [7, 11) is 1.60. The zero-order chi connectivity index (χ0) is 11.9. The van der Waals surface area contributed by atoms with E-state index in [1.54, 1.807) is 31.3 Å². The summed E-state index contributed by atoms with van der Waals surface area (Å²) in [6.07, 6.45) is -0.173. The quantitative estimate of drug-likeness (QED) is 0.785. The minimum atomic E-state index is -1.68. The second-order valence-electron chi connectivity index (χ2n) is 4.12. The average molecular weight is 237 g/mol. The number of likely N-dealkylation sites (N-methyl/N-ethyl adjacent to an activating group) is 1. The molecule has 1 heterocycles. The number of nitrogens with zero attached hydrogens (tertiary/aromatic N) is 1. The average Bonchev–Trinajstić information content (AvgIpc) is 2.42. The molecule has 1 aliphatic heterocycles. The number of rotatable bonds is 2. The number of carbonyl (C=O) groups is 2. The first-order valence-electron chi connectivity index (χ1n) is 5.06. The summed E-state index contributed by atoms with van der Waals surface area (Å²) in [5.41, 5.74) is -0.508. The molecule has 1 amide bonds. The predicted octanol–water partition coefficient (Wildman–Crippen LogP) is 0.00500. The van der Waals surface area contributed by atoms with Crippen LogP contribution >= 0.6 is 0 Å². The maximum absolute atomic E-state index is 11.9. The van der Waals surface area contributed by atoms with Crippen molar-refractivity contribution in [1.29, 1.82) is 0 Å². The lowest BCUT2D eigenvalue weighted by molar-refractivity contribution is -0.141. The van der Waals surface area contributed by atoms with Crippen LogP contribution in [-0.2, 0) is 15.2 Å². The first kappa shape index (κ1) is 13.3. The van der Waals surface area contributed by atoms with Crippen molar-refractivity contribution in [2.45, 2.75) is 18.9 Å². The van der Waals surface area contributed by atoms with Crippen molar-refractivity contribution in [3.63, 3.8) is 0 Å². The molecule has 1 aromatic rings. The Bertz CT molecular complexity index is 471. The monoisotopic (exact) mass is 237 g/mol. The fourth-order valence-corrected chi connectivity index (χ4v) is 2.15. The van der Waals surface area contributed by atoms with Gasteiger partial charge in [-0.3, -0.25) is 9.59 Å². The van der Waals surface area contributed by atoms with Gasteiger partial charge in [-0.15, -0.1) is 0 Å². The van der Waals surface area contributed by atoms with E-state index >= 15 is 0 Å². The van der Waals surface area contributed by atoms with Gasteiger partial charge >= 0.3 is 0 Å². The highest BCUT2D eigenvalue weighted by Crippen LogP contribution is 2.41. The molecule has 17 heavy (non-hydrogen) atoms. The lowest BCUT2D eigenvalue weighted by Crippen LogP contribution is -2.39. The Balaban J connectivity index is 0.00000144. The molecule has 0 fully saturated rings. The summed E-state index contributed by atoms with van der Waals surface area (Å²) in [6, 6.07) is 6.98.